The molecule has 0 aromatic heterocycles. The van der Waals surface area contributed by atoms with E-state index in [1.54, 1.807) is 6.92 Å². The molecular formula is C5H9F3O. The first-order valence-electron chi connectivity index (χ1n) is 2.70. The Hall–Kier alpha value is -0.250. The van der Waals surface area contributed by atoms with Crippen LogP contribution in [0.1, 0.15) is 13.3 Å². The number of hydrogen-bond acceptors (Lipinski definition) is 1. The van der Waals surface area contributed by atoms with Crippen molar-refractivity contribution in [2.45, 2.75) is 19.5 Å². The second kappa shape index (κ2) is 3.71. The molecule has 0 bridgehead atoms. The Morgan fingerprint density at radius 2 is 2.00 bits per heavy atom. The van der Waals surface area contributed by atoms with Crippen LogP contribution in [0, 0.1) is 0 Å². The highest BCUT2D eigenvalue weighted by Gasteiger charge is 2.29. The first-order valence-corrected chi connectivity index (χ1v) is 2.70. The molecule has 0 aromatic rings. The lowest BCUT2D eigenvalue weighted by atomic mass is 10.5. The summed E-state index contributed by atoms with van der Waals surface area (Å²) in [7, 11) is 0. The fourth-order valence-corrected chi connectivity index (χ4v) is 0.290. The van der Waals surface area contributed by atoms with E-state index in [4.69, 9.17) is 0 Å². The summed E-state index contributed by atoms with van der Waals surface area (Å²) in [6, 6.07) is 0. The number of halogens is 3. The van der Waals surface area contributed by atoms with Crippen molar-refractivity contribution in [3.05, 3.63) is 0 Å². The van der Waals surface area contributed by atoms with Crippen LogP contribution in [0.2, 0.25) is 0 Å². The lowest BCUT2D eigenvalue weighted by Crippen LogP contribution is -2.23. The van der Waals surface area contributed by atoms with Gasteiger partial charge in [-0.05, 0) is 6.42 Å². The summed E-state index contributed by atoms with van der Waals surface area (Å²) in [5, 5.41) is 0. The summed E-state index contributed by atoms with van der Waals surface area (Å²) < 4.78 is 38.5. The van der Waals surface area contributed by atoms with Gasteiger partial charge in [0.15, 0.2) is 6.67 Å². The summed E-state index contributed by atoms with van der Waals surface area (Å²) in [5.41, 5.74) is 0. The zero-order valence-corrected chi connectivity index (χ0v) is 5.16. The van der Waals surface area contributed by atoms with Crippen LogP contribution in [0.5, 0.6) is 0 Å². The number of ether oxygens (including phenoxy) is 1. The molecule has 0 saturated carbocycles. The van der Waals surface area contributed by atoms with E-state index in [1.807, 2.05) is 0 Å². The standard InChI is InChI=1S/C5H9F3O/c1-2-3-9-5(7,8)4-6/h2-4H2,1H3. The van der Waals surface area contributed by atoms with E-state index in [9.17, 15) is 13.2 Å². The molecule has 0 heterocycles. The maximum atomic E-state index is 11.7. The van der Waals surface area contributed by atoms with E-state index in [1.165, 1.54) is 0 Å². The molecule has 0 unspecified atom stereocenters. The highest BCUT2D eigenvalue weighted by atomic mass is 19.3. The van der Waals surface area contributed by atoms with Gasteiger partial charge in [-0.15, -0.1) is 0 Å². The molecule has 0 radical (unpaired) electrons. The van der Waals surface area contributed by atoms with Crippen molar-refractivity contribution in [1.29, 1.82) is 0 Å². The molecule has 0 saturated heterocycles. The Kier molecular flexibility index (Phi) is 3.61. The minimum atomic E-state index is -3.57. The second-order valence-corrected chi connectivity index (χ2v) is 1.62. The molecule has 0 aromatic carbocycles. The van der Waals surface area contributed by atoms with E-state index in [2.05, 4.69) is 4.74 Å². The topological polar surface area (TPSA) is 9.23 Å². The van der Waals surface area contributed by atoms with Gasteiger partial charge in [0, 0.05) is 0 Å². The summed E-state index contributed by atoms with van der Waals surface area (Å²) in [6.45, 7) is -0.168. The molecule has 0 spiro atoms. The zero-order chi connectivity index (χ0) is 7.33. The van der Waals surface area contributed by atoms with Gasteiger partial charge < -0.3 is 4.74 Å². The fourth-order valence-electron chi connectivity index (χ4n) is 0.290. The van der Waals surface area contributed by atoms with Gasteiger partial charge in [0.05, 0.1) is 6.61 Å². The first kappa shape index (κ1) is 8.75. The lowest BCUT2D eigenvalue weighted by Gasteiger charge is -2.10. The van der Waals surface area contributed by atoms with Gasteiger partial charge in [-0.3, -0.25) is 0 Å². The van der Waals surface area contributed by atoms with Crippen molar-refractivity contribution in [3.63, 3.8) is 0 Å². The van der Waals surface area contributed by atoms with Crippen molar-refractivity contribution in [3.8, 4) is 0 Å². The lowest BCUT2D eigenvalue weighted by molar-refractivity contribution is -0.245. The third-order valence-corrected chi connectivity index (χ3v) is 0.673. The minimum Gasteiger partial charge on any atom is -0.318 e. The first-order chi connectivity index (χ1) is 4.12. The third kappa shape index (κ3) is 4.27. The van der Waals surface area contributed by atoms with Crippen molar-refractivity contribution in [2.24, 2.45) is 0 Å². The number of rotatable bonds is 4. The van der Waals surface area contributed by atoms with Gasteiger partial charge >= 0.3 is 6.11 Å². The number of hydrogen-bond donors (Lipinski definition) is 0. The highest BCUT2D eigenvalue weighted by Crippen LogP contribution is 2.15. The van der Waals surface area contributed by atoms with Crippen LogP contribution >= 0.6 is 0 Å². The van der Waals surface area contributed by atoms with Gasteiger partial charge in [-0.25, -0.2) is 4.39 Å². The molecule has 0 atom stereocenters. The van der Waals surface area contributed by atoms with E-state index in [-0.39, 0.29) is 6.61 Å². The predicted molar refractivity (Wildman–Crippen MR) is 27.2 cm³/mol. The maximum absolute atomic E-state index is 11.7. The molecule has 1 nitrogen and oxygen atoms in total. The number of alkyl halides is 3. The van der Waals surface area contributed by atoms with Gasteiger partial charge in [-0.1, -0.05) is 6.92 Å². The summed E-state index contributed by atoms with van der Waals surface area (Å²) in [5.74, 6) is 0. The average molecular weight is 142 g/mol. The van der Waals surface area contributed by atoms with Crippen LogP contribution in [0.3, 0.4) is 0 Å². The molecular weight excluding hydrogens is 133 g/mol. The molecule has 0 fully saturated rings. The molecule has 0 aliphatic carbocycles. The van der Waals surface area contributed by atoms with Crippen molar-refractivity contribution in [2.75, 3.05) is 13.3 Å². The summed E-state index contributed by atoms with van der Waals surface area (Å²) in [6.07, 6.45) is -3.11. The van der Waals surface area contributed by atoms with E-state index < -0.39 is 12.8 Å². The molecule has 0 rings (SSSR count). The normalized spacial score (nSPS) is 12.0. The maximum Gasteiger partial charge on any atom is 0.384 e. The summed E-state index contributed by atoms with van der Waals surface area (Å²) in [4.78, 5) is 0. The Labute approximate surface area is 51.8 Å². The van der Waals surface area contributed by atoms with Crippen molar-refractivity contribution < 1.29 is 17.9 Å². The van der Waals surface area contributed by atoms with Crippen LogP contribution in [-0.2, 0) is 4.74 Å². The molecule has 9 heavy (non-hydrogen) atoms. The molecule has 0 aliphatic heterocycles. The van der Waals surface area contributed by atoms with Gasteiger partial charge in [0.2, 0.25) is 0 Å². The Morgan fingerprint density at radius 1 is 1.44 bits per heavy atom. The monoisotopic (exact) mass is 142 g/mol. The molecule has 56 valence electrons. The smallest absolute Gasteiger partial charge is 0.318 e. The van der Waals surface area contributed by atoms with Crippen LogP contribution in [0.25, 0.3) is 0 Å². The zero-order valence-electron chi connectivity index (χ0n) is 5.16. The molecule has 0 aliphatic rings. The van der Waals surface area contributed by atoms with E-state index in [0.29, 0.717) is 6.42 Å². The SMILES string of the molecule is CCCOC(F)(F)CF. The quantitative estimate of drug-likeness (QED) is 0.583. The van der Waals surface area contributed by atoms with Crippen LogP contribution < -0.4 is 0 Å². The Morgan fingerprint density at radius 3 is 2.33 bits per heavy atom. The highest BCUT2D eigenvalue weighted by molar-refractivity contribution is 4.46. The fraction of sp³-hybridized carbons (Fsp3) is 1.00. The minimum absolute atomic E-state index is 0.100. The van der Waals surface area contributed by atoms with E-state index >= 15 is 0 Å². The molecule has 0 N–H and O–H groups in total. The average Bonchev–Trinajstić information content (AvgIpc) is 1.84. The van der Waals surface area contributed by atoms with Crippen LogP contribution in [0.15, 0.2) is 0 Å². The molecule has 4 heteroatoms. The van der Waals surface area contributed by atoms with Crippen molar-refractivity contribution >= 4 is 0 Å². The Balaban J connectivity index is 3.33. The van der Waals surface area contributed by atoms with Crippen molar-refractivity contribution in [1.82, 2.24) is 0 Å². The largest absolute Gasteiger partial charge is 0.384 e. The summed E-state index contributed by atoms with van der Waals surface area (Å²) >= 11 is 0. The second-order valence-electron chi connectivity index (χ2n) is 1.62. The predicted octanol–water partition coefficient (Wildman–Crippen LogP) is 1.98. The Bertz CT molecular complexity index is 74.6. The van der Waals surface area contributed by atoms with Crippen LogP contribution in [0.4, 0.5) is 13.2 Å². The van der Waals surface area contributed by atoms with Gasteiger partial charge in [0.25, 0.3) is 0 Å². The third-order valence-electron chi connectivity index (χ3n) is 0.673. The van der Waals surface area contributed by atoms with E-state index in [0.717, 1.165) is 0 Å². The van der Waals surface area contributed by atoms with Gasteiger partial charge in [0.1, 0.15) is 0 Å². The van der Waals surface area contributed by atoms with Crippen LogP contribution in [-0.4, -0.2) is 19.4 Å². The molecule has 0 amide bonds. The van der Waals surface area contributed by atoms with Gasteiger partial charge in [-0.2, -0.15) is 8.78 Å².